The predicted molar refractivity (Wildman–Crippen MR) is 81.6 cm³/mol. The van der Waals surface area contributed by atoms with Gasteiger partial charge in [0.25, 0.3) is 0 Å². The van der Waals surface area contributed by atoms with Crippen LogP contribution in [0.15, 0.2) is 29.2 Å². The Hall–Kier alpha value is -0.180. The molecule has 0 aromatic heterocycles. The predicted octanol–water partition coefficient (Wildman–Crippen LogP) is 4.74. The molecule has 1 N–H and O–H groups in total. The number of rotatable bonds is 5. The zero-order valence-corrected chi connectivity index (χ0v) is 12.6. The van der Waals surface area contributed by atoms with E-state index >= 15 is 0 Å². The van der Waals surface area contributed by atoms with Crippen molar-refractivity contribution in [3.05, 3.63) is 29.3 Å². The average Bonchev–Trinajstić information content (AvgIpc) is 2.38. The lowest BCUT2D eigenvalue weighted by molar-refractivity contribution is 0.375. The van der Waals surface area contributed by atoms with Crippen molar-refractivity contribution < 1.29 is 0 Å². The summed E-state index contributed by atoms with van der Waals surface area (Å²) in [6.45, 7) is 3.36. The highest BCUT2D eigenvalue weighted by molar-refractivity contribution is 8.00. The topological polar surface area (TPSA) is 12.0 Å². The quantitative estimate of drug-likeness (QED) is 0.783. The van der Waals surface area contributed by atoms with Gasteiger partial charge in [-0.2, -0.15) is 0 Å². The first-order valence-electron chi connectivity index (χ1n) is 6.89. The first kappa shape index (κ1) is 14.2. The molecule has 1 fully saturated rings. The van der Waals surface area contributed by atoms with E-state index in [0.29, 0.717) is 5.25 Å². The smallest absolute Gasteiger partial charge is 0.0417 e. The molecule has 1 aliphatic rings. The van der Waals surface area contributed by atoms with Crippen molar-refractivity contribution in [2.75, 3.05) is 6.54 Å². The van der Waals surface area contributed by atoms with Crippen molar-refractivity contribution in [1.29, 1.82) is 0 Å². The Morgan fingerprint density at radius 3 is 2.83 bits per heavy atom. The van der Waals surface area contributed by atoms with E-state index in [1.165, 1.54) is 37.0 Å². The van der Waals surface area contributed by atoms with Crippen LogP contribution in [-0.4, -0.2) is 17.8 Å². The normalized spacial score (nSPS) is 18.8. The second kappa shape index (κ2) is 7.42. The van der Waals surface area contributed by atoms with Gasteiger partial charge in [-0.3, -0.25) is 0 Å². The van der Waals surface area contributed by atoms with E-state index in [0.717, 1.165) is 17.6 Å². The van der Waals surface area contributed by atoms with Crippen LogP contribution in [0.25, 0.3) is 0 Å². The van der Waals surface area contributed by atoms with Crippen molar-refractivity contribution in [2.24, 2.45) is 0 Å². The van der Waals surface area contributed by atoms with Gasteiger partial charge in [-0.15, -0.1) is 11.8 Å². The van der Waals surface area contributed by atoms with Gasteiger partial charge in [0, 0.05) is 27.8 Å². The summed E-state index contributed by atoms with van der Waals surface area (Å²) < 4.78 is 0. The standard InChI is InChI=1S/C15H22ClNS/c1-12(11-17-14-7-3-2-4-8-14)18-15-9-5-6-13(16)10-15/h5-6,9-10,12,14,17H,2-4,7-8,11H2,1H3. The highest BCUT2D eigenvalue weighted by Gasteiger charge is 2.14. The fourth-order valence-corrected chi connectivity index (χ4v) is 3.70. The Morgan fingerprint density at radius 1 is 1.33 bits per heavy atom. The zero-order valence-electron chi connectivity index (χ0n) is 11.0. The minimum absolute atomic E-state index is 0.588. The summed E-state index contributed by atoms with van der Waals surface area (Å²) in [5.41, 5.74) is 0. The van der Waals surface area contributed by atoms with Crippen LogP contribution in [0.2, 0.25) is 5.02 Å². The Balaban J connectivity index is 1.72. The maximum Gasteiger partial charge on any atom is 0.0417 e. The molecule has 0 aliphatic heterocycles. The van der Waals surface area contributed by atoms with E-state index in [1.54, 1.807) is 0 Å². The summed E-state index contributed by atoms with van der Waals surface area (Å²) in [6, 6.07) is 8.88. The van der Waals surface area contributed by atoms with E-state index in [4.69, 9.17) is 11.6 Å². The van der Waals surface area contributed by atoms with Crippen molar-refractivity contribution in [3.8, 4) is 0 Å². The summed E-state index contributed by atoms with van der Waals surface area (Å²) in [6.07, 6.45) is 6.93. The van der Waals surface area contributed by atoms with Gasteiger partial charge in [0.15, 0.2) is 0 Å². The van der Waals surface area contributed by atoms with Crippen LogP contribution in [0.1, 0.15) is 39.0 Å². The van der Waals surface area contributed by atoms with Crippen LogP contribution in [0.5, 0.6) is 0 Å². The first-order valence-corrected chi connectivity index (χ1v) is 8.15. The Kier molecular flexibility index (Phi) is 5.87. The van der Waals surface area contributed by atoms with Gasteiger partial charge in [-0.1, -0.05) is 43.9 Å². The van der Waals surface area contributed by atoms with E-state index < -0.39 is 0 Å². The second-order valence-corrected chi connectivity index (χ2v) is 7.08. The molecule has 1 aromatic rings. The van der Waals surface area contributed by atoms with Crippen LogP contribution in [0.4, 0.5) is 0 Å². The van der Waals surface area contributed by atoms with E-state index in [2.05, 4.69) is 18.3 Å². The number of benzene rings is 1. The van der Waals surface area contributed by atoms with Crippen LogP contribution in [-0.2, 0) is 0 Å². The molecule has 3 heteroatoms. The molecule has 0 heterocycles. The molecule has 1 atom stereocenters. The minimum Gasteiger partial charge on any atom is -0.313 e. The number of halogens is 1. The SMILES string of the molecule is CC(CNC1CCCCC1)Sc1cccc(Cl)c1. The van der Waals surface area contributed by atoms with Gasteiger partial charge < -0.3 is 5.32 Å². The molecule has 1 saturated carbocycles. The fourth-order valence-electron chi connectivity index (χ4n) is 2.45. The second-order valence-electron chi connectivity index (χ2n) is 5.13. The van der Waals surface area contributed by atoms with Gasteiger partial charge in [-0.25, -0.2) is 0 Å². The van der Waals surface area contributed by atoms with Crippen molar-refractivity contribution in [1.82, 2.24) is 5.32 Å². The lowest BCUT2D eigenvalue weighted by Gasteiger charge is -2.24. The number of thioether (sulfide) groups is 1. The molecule has 1 nitrogen and oxygen atoms in total. The number of hydrogen-bond acceptors (Lipinski definition) is 2. The molecule has 100 valence electrons. The van der Waals surface area contributed by atoms with Gasteiger partial charge in [-0.05, 0) is 31.0 Å². The van der Waals surface area contributed by atoms with Gasteiger partial charge >= 0.3 is 0 Å². The van der Waals surface area contributed by atoms with Crippen LogP contribution >= 0.6 is 23.4 Å². The van der Waals surface area contributed by atoms with Gasteiger partial charge in [0.1, 0.15) is 0 Å². The van der Waals surface area contributed by atoms with Gasteiger partial charge in [0.05, 0.1) is 0 Å². The molecule has 1 aromatic carbocycles. The Bertz CT molecular complexity index is 363. The highest BCUT2D eigenvalue weighted by Crippen LogP contribution is 2.25. The third-order valence-electron chi connectivity index (χ3n) is 3.43. The Labute approximate surface area is 120 Å². The molecule has 0 spiro atoms. The molecule has 1 unspecified atom stereocenters. The molecule has 18 heavy (non-hydrogen) atoms. The van der Waals surface area contributed by atoms with Crippen molar-refractivity contribution in [3.63, 3.8) is 0 Å². The lowest BCUT2D eigenvalue weighted by Crippen LogP contribution is -2.35. The van der Waals surface area contributed by atoms with Crippen LogP contribution in [0, 0.1) is 0 Å². The summed E-state index contributed by atoms with van der Waals surface area (Å²) in [4.78, 5) is 1.26. The van der Waals surface area contributed by atoms with E-state index in [9.17, 15) is 0 Å². The monoisotopic (exact) mass is 283 g/mol. The first-order chi connectivity index (χ1) is 8.74. The molecular weight excluding hydrogens is 262 g/mol. The zero-order chi connectivity index (χ0) is 12.8. The maximum atomic E-state index is 6.00. The molecular formula is C15H22ClNS. The fraction of sp³-hybridized carbons (Fsp3) is 0.600. The lowest BCUT2D eigenvalue weighted by atomic mass is 9.95. The van der Waals surface area contributed by atoms with E-state index in [1.807, 2.05) is 30.0 Å². The van der Waals surface area contributed by atoms with E-state index in [-0.39, 0.29) is 0 Å². The molecule has 0 saturated heterocycles. The van der Waals surface area contributed by atoms with Crippen molar-refractivity contribution in [2.45, 2.75) is 55.2 Å². The summed E-state index contributed by atoms with van der Waals surface area (Å²) >= 11 is 7.90. The molecule has 0 radical (unpaired) electrons. The third-order valence-corrected chi connectivity index (χ3v) is 4.76. The Morgan fingerprint density at radius 2 is 2.11 bits per heavy atom. The minimum atomic E-state index is 0.588. The van der Waals surface area contributed by atoms with Gasteiger partial charge in [0.2, 0.25) is 0 Å². The van der Waals surface area contributed by atoms with Crippen molar-refractivity contribution >= 4 is 23.4 Å². The molecule has 2 rings (SSSR count). The van der Waals surface area contributed by atoms with Crippen LogP contribution in [0.3, 0.4) is 0 Å². The molecule has 1 aliphatic carbocycles. The summed E-state index contributed by atoms with van der Waals surface area (Å²) in [5.74, 6) is 0. The largest absolute Gasteiger partial charge is 0.313 e. The molecule has 0 bridgehead atoms. The maximum absolute atomic E-state index is 6.00. The van der Waals surface area contributed by atoms with Crippen LogP contribution < -0.4 is 5.32 Å². The highest BCUT2D eigenvalue weighted by atomic mass is 35.5. The third kappa shape index (κ3) is 4.83. The number of nitrogens with one attached hydrogen (secondary N) is 1. The average molecular weight is 284 g/mol. The number of hydrogen-bond donors (Lipinski definition) is 1. The summed E-state index contributed by atoms with van der Waals surface area (Å²) in [5, 5.41) is 5.12. The summed E-state index contributed by atoms with van der Waals surface area (Å²) in [7, 11) is 0. The molecule has 0 amide bonds.